The molecule has 0 saturated carbocycles. The van der Waals surface area contributed by atoms with E-state index >= 15 is 0 Å². The summed E-state index contributed by atoms with van der Waals surface area (Å²) in [7, 11) is 0. The Morgan fingerprint density at radius 2 is 1.65 bits per heavy atom. The summed E-state index contributed by atoms with van der Waals surface area (Å²) in [6.45, 7) is 3.17. The Kier molecular flexibility index (Phi) is 5.26. The number of rotatable bonds is 6. The second-order valence-electron chi connectivity index (χ2n) is 6.75. The van der Waals surface area contributed by atoms with E-state index in [0.717, 1.165) is 44.5 Å². The van der Waals surface area contributed by atoms with Gasteiger partial charge in [-0.25, -0.2) is 0 Å². The second-order valence-corrected chi connectivity index (χ2v) is 6.75. The average Bonchev–Trinajstić information content (AvgIpc) is 3.18. The van der Waals surface area contributed by atoms with E-state index < -0.39 is 0 Å². The zero-order chi connectivity index (χ0) is 17.6. The summed E-state index contributed by atoms with van der Waals surface area (Å²) in [6.07, 6.45) is 3.12. The fraction of sp³-hybridized carbons (Fsp3) is 0.333. The second kappa shape index (κ2) is 8.15. The van der Waals surface area contributed by atoms with Gasteiger partial charge >= 0.3 is 0 Å². The van der Waals surface area contributed by atoms with Gasteiger partial charge in [-0.05, 0) is 25.0 Å². The van der Waals surface area contributed by atoms with E-state index in [0.29, 0.717) is 17.8 Å². The van der Waals surface area contributed by atoms with Crippen LogP contribution in [0.5, 0.6) is 0 Å². The van der Waals surface area contributed by atoms with Crippen molar-refractivity contribution in [3.63, 3.8) is 0 Å². The molecule has 0 amide bonds. The third-order valence-corrected chi connectivity index (χ3v) is 4.87. The SMILES string of the molecule is c1ccc(NC2CCN(CCc3nc(-c4ccccc4)no3)CC2)cc1. The average molecular weight is 348 g/mol. The van der Waals surface area contributed by atoms with Gasteiger partial charge in [0.05, 0.1) is 0 Å². The maximum atomic E-state index is 5.41. The Labute approximate surface area is 154 Å². The number of aromatic nitrogens is 2. The van der Waals surface area contributed by atoms with E-state index in [2.05, 4.69) is 50.7 Å². The molecule has 1 saturated heterocycles. The van der Waals surface area contributed by atoms with Crippen molar-refractivity contribution in [1.82, 2.24) is 15.0 Å². The number of anilines is 1. The number of hydrogen-bond acceptors (Lipinski definition) is 5. The highest BCUT2D eigenvalue weighted by Crippen LogP contribution is 2.18. The molecule has 1 fully saturated rings. The molecule has 0 spiro atoms. The Bertz CT molecular complexity index is 795. The number of benzene rings is 2. The summed E-state index contributed by atoms with van der Waals surface area (Å²) in [5.41, 5.74) is 2.21. The molecule has 0 radical (unpaired) electrons. The van der Waals surface area contributed by atoms with Gasteiger partial charge in [0.2, 0.25) is 11.7 Å². The predicted octanol–water partition coefficient (Wildman–Crippen LogP) is 3.86. The molecule has 0 aliphatic carbocycles. The molecule has 0 unspecified atom stereocenters. The fourth-order valence-electron chi connectivity index (χ4n) is 3.39. The van der Waals surface area contributed by atoms with Crippen molar-refractivity contribution < 1.29 is 4.52 Å². The van der Waals surface area contributed by atoms with Gasteiger partial charge in [0.15, 0.2) is 0 Å². The molecule has 1 aliphatic heterocycles. The van der Waals surface area contributed by atoms with Crippen LogP contribution >= 0.6 is 0 Å². The van der Waals surface area contributed by atoms with E-state index in [-0.39, 0.29) is 0 Å². The lowest BCUT2D eigenvalue weighted by atomic mass is 10.0. The summed E-state index contributed by atoms with van der Waals surface area (Å²) < 4.78 is 5.41. The van der Waals surface area contributed by atoms with E-state index in [4.69, 9.17) is 4.52 Å². The fourth-order valence-corrected chi connectivity index (χ4v) is 3.39. The van der Waals surface area contributed by atoms with Gasteiger partial charge in [-0.3, -0.25) is 0 Å². The molecular formula is C21H24N4O. The smallest absolute Gasteiger partial charge is 0.228 e. The minimum Gasteiger partial charge on any atom is -0.382 e. The van der Waals surface area contributed by atoms with Gasteiger partial charge < -0.3 is 14.7 Å². The zero-order valence-electron chi connectivity index (χ0n) is 14.8. The van der Waals surface area contributed by atoms with Gasteiger partial charge in [-0.2, -0.15) is 4.98 Å². The molecule has 2 aromatic carbocycles. The molecule has 1 aliphatic rings. The monoisotopic (exact) mass is 348 g/mol. The van der Waals surface area contributed by atoms with E-state index in [1.807, 2.05) is 30.3 Å². The lowest BCUT2D eigenvalue weighted by molar-refractivity contribution is 0.214. The maximum absolute atomic E-state index is 5.41. The van der Waals surface area contributed by atoms with Crippen molar-refractivity contribution in [2.75, 3.05) is 25.0 Å². The van der Waals surface area contributed by atoms with Crippen LogP contribution in [0.4, 0.5) is 5.69 Å². The highest BCUT2D eigenvalue weighted by Gasteiger charge is 2.19. The molecule has 0 bridgehead atoms. The quantitative estimate of drug-likeness (QED) is 0.733. The Balaban J connectivity index is 1.23. The summed E-state index contributed by atoms with van der Waals surface area (Å²) in [6, 6.07) is 21.0. The largest absolute Gasteiger partial charge is 0.382 e. The number of nitrogens with one attached hydrogen (secondary N) is 1. The number of piperidine rings is 1. The Morgan fingerprint density at radius 1 is 0.962 bits per heavy atom. The van der Waals surface area contributed by atoms with E-state index in [1.165, 1.54) is 5.69 Å². The first-order chi connectivity index (χ1) is 12.9. The van der Waals surface area contributed by atoms with Crippen LogP contribution in [-0.4, -0.2) is 40.7 Å². The minimum absolute atomic E-state index is 0.557. The molecule has 0 atom stereocenters. The minimum atomic E-state index is 0.557. The topological polar surface area (TPSA) is 54.2 Å². The first-order valence-corrected chi connectivity index (χ1v) is 9.29. The van der Waals surface area contributed by atoms with Crippen LogP contribution in [0, 0.1) is 0 Å². The van der Waals surface area contributed by atoms with Crippen molar-refractivity contribution in [3.8, 4) is 11.4 Å². The summed E-state index contributed by atoms with van der Waals surface area (Å²) in [5.74, 6) is 1.39. The molecule has 134 valence electrons. The van der Waals surface area contributed by atoms with Gasteiger partial charge in [-0.15, -0.1) is 0 Å². The normalized spacial score (nSPS) is 15.8. The molecule has 3 aromatic rings. The van der Waals surface area contributed by atoms with Crippen molar-refractivity contribution in [3.05, 3.63) is 66.6 Å². The van der Waals surface area contributed by atoms with Crippen molar-refractivity contribution in [2.45, 2.75) is 25.3 Å². The molecule has 5 heteroatoms. The third-order valence-electron chi connectivity index (χ3n) is 4.87. The van der Waals surface area contributed by atoms with Gasteiger partial charge in [0.25, 0.3) is 0 Å². The van der Waals surface area contributed by atoms with Crippen molar-refractivity contribution >= 4 is 5.69 Å². The highest BCUT2D eigenvalue weighted by atomic mass is 16.5. The Morgan fingerprint density at radius 3 is 2.38 bits per heavy atom. The molecule has 2 heterocycles. The van der Waals surface area contributed by atoms with Gasteiger partial charge in [0, 0.05) is 43.3 Å². The number of likely N-dealkylation sites (tertiary alicyclic amines) is 1. The molecule has 4 rings (SSSR count). The highest BCUT2D eigenvalue weighted by molar-refractivity contribution is 5.53. The van der Waals surface area contributed by atoms with Gasteiger partial charge in [-0.1, -0.05) is 53.7 Å². The number of para-hydroxylation sites is 1. The van der Waals surface area contributed by atoms with E-state index in [1.54, 1.807) is 0 Å². The molecule has 1 aromatic heterocycles. The third kappa shape index (κ3) is 4.29. The maximum Gasteiger partial charge on any atom is 0.228 e. The molecule has 26 heavy (non-hydrogen) atoms. The molecular weight excluding hydrogens is 324 g/mol. The summed E-state index contributed by atoms with van der Waals surface area (Å²) >= 11 is 0. The first-order valence-electron chi connectivity index (χ1n) is 9.29. The van der Waals surface area contributed by atoms with Crippen LogP contribution in [0.1, 0.15) is 18.7 Å². The van der Waals surface area contributed by atoms with Crippen LogP contribution in [0.3, 0.4) is 0 Å². The predicted molar refractivity (Wildman–Crippen MR) is 103 cm³/mol. The van der Waals surface area contributed by atoms with Crippen molar-refractivity contribution in [2.24, 2.45) is 0 Å². The van der Waals surface area contributed by atoms with Crippen LogP contribution < -0.4 is 5.32 Å². The standard InChI is InChI=1S/C21H24N4O/c1-3-7-17(8-4-1)21-23-20(26-24-21)13-16-25-14-11-19(12-15-25)22-18-9-5-2-6-10-18/h1-10,19,22H,11-16H2. The lowest BCUT2D eigenvalue weighted by Crippen LogP contribution is -2.40. The lowest BCUT2D eigenvalue weighted by Gasteiger charge is -2.32. The summed E-state index contributed by atoms with van der Waals surface area (Å²) in [4.78, 5) is 7.00. The molecule has 5 nitrogen and oxygen atoms in total. The van der Waals surface area contributed by atoms with E-state index in [9.17, 15) is 0 Å². The number of nitrogens with zero attached hydrogens (tertiary/aromatic N) is 3. The zero-order valence-corrected chi connectivity index (χ0v) is 14.8. The molecule has 1 N–H and O–H groups in total. The summed E-state index contributed by atoms with van der Waals surface area (Å²) in [5, 5.41) is 7.72. The van der Waals surface area contributed by atoms with Crippen LogP contribution in [0.15, 0.2) is 65.2 Å². The van der Waals surface area contributed by atoms with Crippen molar-refractivity contribution in [1.29, 1.82) is 0 Å². The van der Waals surface area contributed by atoms with Crippen LogP contribution in [0.2, 0.25) is 0 Å². The number of hydrogen-bond donors (Lipinski definition) is 1. The van der Waals surface area contributed by atoms with Gasteiger partial charge in [0.1, 0.15) is 0 Å². The van der Waals surface area contributed by atoms with Crippen LogP contribution in [0.25, 0.3) is 11.4 Å². The Hall–Kier alpha value is -2.66. The first kappa shape index (κ1) is 16.8. The van der Waals surface area contributed by atoms with Crippen LogP contribution in [-0.2, 0) is 6.42 Å².